The number of hydrogen-bond acceptors (Lipinski definition) is 3. The highest BCUT2D eigenvalue weighted by molar-refractivity contribution is 5.85. The second kappa shape index (κ2) is 5.84. The van der Waals surface area contributed by atoms with Gasteiger partial charge in [0.15, 0.2) is 0 Å². The van der Waals surface area contributed by atoms with Gasteiger partial charge in [-0.15, -0.1) is 12.4 Å². The van der Waals surface area contributed by atoms with Crippen LogP contribution in [0.4, 0.5) is 0 Å². The summed E-state index contributed by atoms with van der Waals surface area (Å²) in [4.78, 5) is 14.0. The Bertz CT molecular complexity index is 250. The van der Waals surface area contributed by atoms with E-state index in [1.54, 1.807) is 7.11 Å². The third kappa shape index (κ3) is 2.87. The average molecular weight is 249 g/mol. The monoisotopic (exact) mass is 248 g/mol. The van der Waals surface area contributed by atoms with E-state index in [2.05, 4.69) is 0 Å². The predicted octanol–water partition coefficient (Wildman–Crippen LogP) is 0.783. The molecule has 5 heteroatoms. The third-order valence-corrected chi connectivity index (χ3v) is 3.61. The number of nitrogens with two attached hydrogens (primary N) is 1. The molecule has 3 atom stereocenters. The maximum atomic E-state index is 12.1. The van der Waals surface area contributed by atoms with Crippen LogP contribution in [0.15, 0.2) is 0 Å². The van der Waals surface area contributed by atoms with Crippen LogP contribution in [0.3, 0.4) is 0 Å². The number of carbonyl (C=O) groups excluding carboxylic acids is 1. The van der Waals surface area contributed by atoms with Gasteiger partial charge in [0, 0.05) is 32.2 Å². The molecule has 1 saturated carbocycles. The number of likely N-dealkylation sites (tertiary alicyclic amines) is 1. The van der Waals surface area contributed by atoms with E-state index in [-0.39, 0.29) is 30.5 Å². The molecule has 2 aliphatic rings. The molecule has 1 amide bonds. The predicted molar refractivity (Wildman–Crippen MR) is 64.6 cm³/mol. The average Bonchev–Trinajstić information content (AvgIpc) is 2.84. The number of amides is 1. The van der Waals surface area contributed by atoms with Gasteiger partial charge in [0.1, 0.15) is 0 Å². The van der Waals surface area contributed by atoms with E-state index in [9.17, 15) is 4.79 Å². The van der Waals surface area contributed by atoms with Crippen LogP contribution < -0.4 is 5.73 Å². The summed E-state index contributed by atoms with van der Waals surface area (Å²) in [6.45, 7) is 1.62. The molecule has 2 rings (SSSR count). The number of methoxy groups -OCH3 is 1. The van der Waals surface area contributed by atoms with E-state index in [4.69, 9.17) is 10.5 Å². The van der Waals surface area contributed by atoms with E-state index in [1.165, 1.54) is 0 Å². The Morgan fingerprint density at radius 2 is 2.12 bits per heavy atom. The van der Waals surface area contributed by atoms with Crippen molar-refractivity contribution in [3.8, 4) is 0 Å². The van der Waals surface area contributed by atoms with Crippen molar-refractivity contribution in [2.45, 2.75) is 37.8 Å². The summed E-state index contributed by atoms with van der Waals surface area (Å²) in [6, 6.07) is 0.236. The summed E-state index contributed by atoms with van der Waals surface area (Å²) in [5.74, 6) is 0.470. The Hall–Kier alpha value is -0.320. The lowest BCUT2D eigenvalue weighted by molar-refractivity contribution is -0.134. The summed E-state index contributed by atoms with van der Waals surface area (Å²) >= 11 is 0. The molecule has 2 fully saturated rings. The van der Waals surface area contributed by atoms with Gasteiger partial charge >= 0.3 is 0 Å². The minimum Gasteiger partial charge on any atom is -0.380 e. The third-order valence-electron chi connectivity index (χ3n) is 3.61. The molecule has 1 aliphatic carbocycles. The van der Waals surface area contributed by atoms with Crippen LogP contribution in [0.1, 0.15) is 25.7 Å². The van der Waals surface area contributed by atoms with E-state index >= 15 is 0 Å². The standard InChI is InChI=1S/C11H20N2O2.ClH/c1-15-10-4-5-13(7-10)11(14)8-2-3-9(12)6-8;/h8-10H,2-7,12H2,1H3;1H/t8?,9?,10-;/m0./s1. The molecule has 2 unspecified atom stereocenters. The normalized spacial score (nSPS) is 33.9. The molecule has 0 radical (unpaired) electrons. The molecule has 0 aromatic rings. The minimum absolute atomic E-state index is 0. The Morgan fingerprint density at radius 1 is 1.38 bits per heavy atom. The molecule has 2 N–H and O–H groups in total. The fraction of sp³-hybridized carbons (Fsp3) is 0.909. The van der Waals surface area contributed by atoms with Gasteiger partial charge in [-0.1, -0.05) is 0 Å². The Labute approximate surface area is 103 Å². The van der Waals surface area contributed by atoms with Crippen molar-refractivity contribution < 1.29 is 9.53 Å². The summed E-state index contributed by atoms with van der Waals surface area (Å²) in [5.41, 5.74) is 5.82. The first-order valence-electron chi connectivity index (χ1n) is 5.78. The van der Waals surface area contributed by atoms with Crippen molar-refractivity contribution in [2.75, 3.05) is 20.2 Å². The minimum atomic E-state index is 0. The highest BCUT2D eigenvalue weighted by atomic mass is 35.5. The second-order valence-electron chi connectivity index (χ2n) is 4.70. The molecule has 1 aliphatic heterocycles. The first kappa shape index (κ1) is 13.7. The number of carbonyl (C=O) groups is 1. The molecular weight excluding hydrogens is 228 g/mol. The zero-order chi connectivity index (χ0) is 10.8. The summed E-state index contributed by atoms with van der Waals surface area (Å²) in [5, 5.41) is 0. The highest BCUT2D eigenvalue weighted by Gasteiger charge is 2.34. The molecule has 16 heavy (non-hydrogen) atoms. The first-order chi connectivity index (χ1) is 7.20. The van der Waals surface area contributed by atoms with Crippen molar-refractivity contribution >= 4 is 18.3 Å². The van der Waals surface area contributed by atoms with E-state index in [1.807, 2.05) is 4.90 Å². The second-order valence-corrected chi connectivity index (χ2v) is 4.70. The molecule has 0 aromatic carbocycles. The van der Waals surface area contributed by atoms with Gasteiger partial charge in [-0.05, 0) is 25.7 Å². The molecule has 4 nitrogen and oxygen atoms in total. The SMILES string of the molecule is CO[C@H]1CCN(C(=O)C2CCC(N)C2)C1.Cl. The zero-order valence-corrected chi connectivity index (χ0v) is 10.5. The number of hydrogen-bond donors (Lipinski definition) is 1. The molecule has 0 aromatic heterocycles. The Kier molecular flexibility index (Phi) is 5.02. The van der Waals surface area contributed by atoms with E-state index in [0.717, 1.165) is 38.8 Å². The highest BCUT2D eigenvalue weighted by Crippen LogP contribution is 2.27. The van der Waals surface area contributed by atoms with Crippen molar-refractivity contribution in [3.63, 3.8) is 0 Å². The number of halogens is 1. The van der Waals surface area contributed by atoms with Crippen molar-refractivity contribution in [2.24, 2.45) is 11.7 Å². The maximum absolute atomic E-state index is 12.1. The molecule has 1 saturated heterocycles. The van der Waals surface area contributed by atoms with Gasteiger partial charge in [0.25, 0.3) is 0 Å². The lowest BCUT2D eigenvalue weighted by atomic mass is 10.1. The van der Waals surface area contributed by atoms with Gasteiger partial charge < -0.3 is 15.4 Å². The topological polar surface area (TPSA) is 55.6 Å². The van der Waals surface area contributed by atoms with Crippen molar-refractivity contribution in [1.29, 1.82) is 0 Å². The fourth-order valence-electron chi connectivity index (χ4n) is 2.62. The maximum Gasteiger partial charge on any atom is 0.225 e. The van der Waals surface area contributed by atoms with Crippen molar-refractivity contribution in [1.82, 2.24) is 4.90 Å². The summed E-state index contributed by atoms with van der Waals surface area (Å²) in [7, 11) is 1.71. The van der Waals surface area contributed by atoms with Crippen LogP contribution >= 0.6 is 12.4 Å². The lowest BCUT2D eigenvalue weighted by Crippen LogP contribution is -2.34. The lowest BCUT2D eigenvalue weighted by Gasteiger charge is -2.20. The summed E-state index contributed by atoms with van der Waals surface area (Å²) in [6.07, 6.45) is 4.05. The largest absolute Gasteiger partial charge is 0.380 e. The smallest absolute Gasteiger partial charge is 0.225 e. The van der Waals surface area contributed by atoms with Gasteiger partial charge in [0.05, 0.1) is 6.10 Å². The van der Waals surface area contributed by atoms with Crippen LogP contribution in [0.25, 0.3) is 0 Å². The molecule has 0 bridgehead atoms. The fourth-order valence-corrected chi connectivity index (χ4v) is 2.62. The van der Waals surface area contributed by atoms with Gasteiger partial charge in [-0.2, -0.15) is 0 Å². The summed E-state index contributed by atoms with van der Waals surface area (Å²) < 4.78 is 5.26. The number of rotatable bonds is 2. The van der Waals surface area contributed by atoms with E-state index < -0.39 is 0 Å². The quantitative estimate of drug-likeness (QED) is 0.786. The van der Waals surface area contributed by atoms with Gasteiger partial charge in [0.2, 0.25) is 5.91 Å². The van der Waals surface area contributed by atoms with E-state index in [0.29, 0.717) is 5.91 Å². The van der Waals surface area contributed by atoms with Crippen LogP contribution in [0, 0.1) is 5.92 Å². The van der Waals surface area contributed by atoms with Crippen molar-refractivity contribution in [3.05, 3.63) is 0 Å². The number of ether oxygens (including phenoxy) is 1. The van der Waals surface area contributed by atoms with Gasteiger partial charge in [-0.25, -0.2) is 0 Å². The number of nitrogens with zero attached hydrogens (tertiary/aromatic N) is 1. The molecule has 0 spiro atoms. The molecular formula is C11H21ClN2O2. The molecule has 1 heterocycles. The van der Waals surface area contributed by atoms with Crippen LogP contribution in [0.2, 0.25) is 0 Å². The van der Waals surface area contributed by atoms with Gasteiger partial charge in [-0.3, -0.25) is 4.79 Å². The first-order valence-corrected chi connectivity index (χ1v) is 5.78. The van der Waals surface area contributed by atoms with Crippen LogP contribution in [0.5, 0.6) is 0 Å². The zero-order valence-electron chi connectivity index (χ0n) is 9.72. The Morgan fingerprint density at radius 3 is 2.62 bits per heavy atom. The molecule has 94 valence electrons. The van der Waals surface area contributed by atoms with Crippen LogP contribution in [-0.4, -0.2) is 43.2 Å². The van der Waals surface area contributed by atoms with Crippen LogP contribution in [-0.2, 0) is 9.53 Å². The Balaban J connectivity index is 0.00000128.